The average Bonchev–Trinajstić information content (AvgIpc) is 2.79. The summed E-state index contributed by atoms with van der Waals surface area (Å²) in [5.41, 5.74) is 2.91. The molecule has 0 bridgehead atoms. The number of carbonyl (C=O) groups excluding carboxylic acids is 1. The number of amides is 1. The van der Waals surface area contributed by atoms with Crippen LogP contribution in [0, 0.1) is 0 Å². The zero-order valence-corrected chi connectivity index (χ0v) is 16.0. The molecule has 5 nitrogen and oxygen atoms in total. The molecule has 142 valence electrons. The van der Waals surface area contributed by atoms with Gasteiger partial charge in [0.05, 0.1) is 5.56 Å². The lowest BCUT2D eigenvalue weighted by Gasteiger charge is -2.36. The molecule has 0 radical (unpaired) electrons. The van der Waals surface area contributed by atoms with Crippen molar-refractivity contribution >= 4 is 23.1 Å². The molecule has 2 aromatic carbocycles. The van der Waals surface area contributed by atoms with Gasteiger partial charge in [-0.2, -0.15) is 0 Å². The minimum absolute atomic E-state index is 0.0501. The monoisotopic (exact) mass is 372 g/mol. The van der Waals surface area contributed by atoms with E-state index in [1.54, 1.807) is 6.20 Å². The minimum Gasteiger partial charge on any atom is -0.368 e. The smallest absolute Gasteiger partial charge is 0.255 e. The van der Waals surface area contributed by atoms with Gasteiger partial charge in [0.25, 0.3) is 5.91 Å². The number of anilines is 3. The van der Waals surface area contributed by atoms with Gasteiger partial charge < -0.3 is 14.7 Å². The second-order valence-corrected chi connectivity index (χ2v) is 6.91. The van der Waals surface area contributed by atoms with Crippen LogP contribution in [0.1, 0.15) is 10.4 Å². The summed E-state index contributed by atoms with van der Waals surface area (Å²) in [7, 11) is 1.97. The molecule has 0 aliphatic carbocycles. The van der Waals surface area contributed by atoms with Crippen LogP contribution in [-0.2, 0) is 0 Å². The molecule has 1 amide bonds. The SMILES string of the molecule is CN(c1ccccc1)c1ccc(C(=O)N2CCN(c3ccccc3)CC2)cn1. The van der Waals surface area contributed by atoms with E-state index in [9.17, 15) is 4.79 Å². The van der Waals surface area contributed by atoms with Gasteiger partial charge in [0.1, 0.15) is 5.82 Å². The number of carbonyl (C=O) groups is 1. The highest BCUT2D eigenvalue weighted by Gasteiger charge is 2.22. The third-order valence-corrected chi connectivity index (χ3v) is 5.17. The van der Waals surface area contributed by atoms with Crippen molar-refractivity contribution in [3.63, 3.8) is 0 Å². The predicted octanol–water partition coefficient (Wildman–Crippen LogP) is 3.81. The zero-order chi connectivity index (χ0) is 19.3. The van der Waals surface area contributed by atoms with Crippen LogP contribution < -0.4 is 9.80 Å². The number of para-hydroxylation sites is 2. The molecule has 0 unspecified atom stereocenters. The Morgan fingerprint density at radius 2 is 1.50 bits per heavy atom. The van der Waals surface area contributed by atoms with E-state index in [-0.39, 0.29) is 5.91 Å². The lowest BCUT2D eigenvalue weighted by atomic mass is 10.2. The fraction of sp³-hybridized carbons (Fsp3) is 0.217. The van der Waals surface area contributed by atoms with E-state index in [2.05, 4.69) is 22.0 Å². The highest BCUT2D eigenvalue weighted by Crippen LogP contribution is 2.22. The van der Waals surface area contributed by atoms with Crippen LogP contribution >= 0.6 is 0 Å². The van der Waals surface area contributed by atoms with Gasteiger partial charge >= 0.3 is 0 Å². The number of aromatic nitrogens is 1. The summed E-state index contributed by atoms with van der Waals surface area (Å²) < 4.78 is 0. The first-order valence-electron chi connectivity index (χ1n) is 9.56. The standard InChI is InChI=1S/C23H24N4O/c1-25(20-8-4-2-5-9-20)22-13-12-19(18-24-22)23(28)27-16-14-26(15-17-27)21-10-6-3-7-11-21/h2-13,18H,14-17H2,1H3. The fourth-order valence-electron chi connectivity index (χ4n) is 3.48. The van der Waals surface area contributed by atoms with Crippen LogP contribution in [0.5, 0.6) is 0 Å². The molecule has 1 aromatic heterocycles. The second-order valence-electron chi connectivity index (χ2n) is 6.91. The summed E-state index contributed by atoms with van der Waals surface area (Å²) in [6.07, 6.45) is 1.68. The summed E-state index contributed by atoms with van der Waals surface area (Å²) in [6, 6.07) is 24.2. The fourth-order valence-corrected chi connectivity index (χ4v) is 3.48. The Hall–Kier alpha value is -3.34. The normalized spacial score (nSPS) is 14.0. The van der Waals surface area contributed by atoms with Crippen molar-refractivity contribution in [1.29, 1.82) is 0 Å². The van der Waals surface area contributed by atoms with E-state index in [4.69, 9.17) is 0 Å². The molecule has 0 N–H and O–H groups in total. The van der Waals surface area contributed by atoms with Crippen LogP contribution in [0.3, 0.4) is 0 Å². The minimum atomic E-state index is 0.0501. The molecular formula is C23H24N4O. The molecule has 2 heterocycles. The van der Waals surface area contributed by atoms with E-state index in [1.165, 1.54) is 5.69 Å². The quantitative estimate of drug-likeness (QED) is 0.698. The molecule has 0 spiro atoms. The van der Waals surface area contributed by atoms with Gasteiger partial charge in [0.15, 0.2) is 0 Å². The molecule has 4 rings (SSSR count). The van der Waals surface area contributed by atoms with Crippen molar-refractivity contribution in [2.45, 2.75) is 0 Å². The van der Waals surface area contributed by atoms with Gasteiger partial charge in [-0.1, -0.05) is 36.4 Å². The van der Waals surface area contributed by atoms with E-state index in [0.717, 1.165) is 37.7 Å². The summed E-state index contributed by atoms with van der Waals surface area (Å²) in [4.78, 5) is 23.6. The van der Waals surface area contributed by atoms with Crippen LogP contribution in [0.25, 0.3) is 0 Å². The molecule has 1 fully saturated rings. The number of benzene rings is 2. The Morgan fingerprint density at radius 3 is 2.11 bits per heavy atom. The number of piperazine rings is 1. The van der Waals surface area contributed by atoms with Crippen molar-refractivity contribution in [3.8, 4) is 0 Å². The number of nitrogens with zero attached hydrogens (tertiary/aromatic N) is 4. The molecule has 0 atom stereocenters. The number of hydrogen-bond donors (Lipinski definition) is 0. The van der Waals surface area contributed by atoms with E-state index in [1.807, 2.05) is 77.5 Å². The Balaban J connectivity index is 1.39. The highest BCUT2D eigenvalue weighted by molar-refractivity contribution is 5.94. The summed E-state index contributed by atoms with van der Waals surface area (Å²) >= 11 is 0. The van der Waals surface area contributed by atoms with Crippen molar-refractivity contribution in [2.75, 3.05) is 43.0 Å². The molecule has 1 aliphatic rings. The lowest BCUT2D eigenvalue weighted by molar-refractivity contribution is 0.0746. The summed E-state index contributed by atoms with van der Waals surface area (Å²) in [5.74, 6) is 0.866. The topological polar surface area (TPSA) is 39.7 Å². The zero-order valence-electron chi connectivity index (χ0n) is 16.0. The van der Waals surface area contributed by atoms with Crippen molar-refractivity contribution in [3.05, 3.63) is 84.6 Å². The molecule has 1 saturated heterocycles. The van der Waals surface area contributed by atoms with Gasteiger partial charge in [-0.3, -0.25) is 4.79 Å². The predicted molar refractivity (Wildman–Crippen MR) is 113 cm³/mol. The third kappa shape index (κ3) is 3.83. The summed E-state index contributed by atoms with van der Waals surface area (Å²) in [5, 5.41) is 0. The van der Waals surface area contributed by atoms with Crippen molar-refractivity contribution in [1.82, 2.24) is 9.88 Å². The Labute approximate surface area is 165 Å². The second kappa shape index (κ2) is 8.13. The molecule has 3 aromatic rings. The number of hydrogen-bond acceptors (Lipinski definition) is 4. The van der Waals surface area contributed by atoms with Crippen molar-refractivity contribution < 1.29 is 4.79 Å². The first-order valence-corrected chi connectivity index (χ1v) is 9.56. The van der Waals surface area contributed by atoms with E-state index < -0.39 is 0 Å². The first-order chi connectivity index (χ1) is 13.7. The maximum Gasteiger partial charge on any atom is 0.255 e. The molecule has 1 aliphatic heterocycles. The Bertz CT molecular complexity index is 904. The lowest BCUT2D eigenvalue weighted by Crippen LogP contribution is -2.48. The first kappa shape index (κ1) is 18.0. The molecule has 0 saturated carbocycles. The largest absolute Gasteiger partial charge is 0.368 e. The van der Waals surface area contributed by atoms with Gasteiger partial charge in [0, 0.05) is 50.8 Å². The van der Waals surface area contributed by atoms with Gasteiger partial charge in [-0.25, -0.2) is 4.98 Å². The van der Waals surface area contributed by atoms with Crippen LogP contribution in [0.2, 0.25) is 0 Å². The van der Waals surface area contributed by atoms with Crippen molar-refractivity contribution in [2.24, 2.45) is 0 Å². The molecule has 28 heavy (non-hydrogen) atoms. The maximum absolute atomic E-state index is 12.8. The van der Waals surface area contributed by atoms with E-state index >= 15 is 0 Å². The average molecular weight is 372 g/mol. The van der Waals surface area contributed by atoms with Gasteiger partial charge in [-0.05, 0) is 36.4 Å². The Kier molecular flexibility index (Phi) is 5.24. The number of rotatable bonds is 4. The van der Waals surface area contributed by atoms with E-state index in [0.29, 0.717) is 5.56 Å². The summed E-state index contributed by atoms with van der Waals surface area (Å²) in [6.45, 7) is 3.13. The molecule has 5 heteroatoms. The number of pyridine rings is 1. The van der Waals surface area contributed by atoms with Gasteiger partial charge in [-0.15, -0.1) is 0 Å². The van der Waals surface area contributed by atoms with Crippen LogP contribution in [0.4, 0.5) is 17.2 Å². The Morgan fingerprint density at radius 1 is 0.857 bits per heavy atom. The third-order valence-electron chi connectivity index (χ3n) is 5.17. The molecular weight excluding hydrogens is 348 g/mol. The maximum atomic E-state index is 12.8. The van der Waals surface area contributed by atoms with Crippen LogP contribution in [-0.4, -0.2) is 49.0 Å². The van der Waals surface area contributed by atoms with Gasteiger partial charge in [0.2, 0.25) is 0 Å². The van der Waals surface area contributed by atoms with Crippen LogP contribution in [0.15, 0.2) is 79.0 Å². The highest BCUT2D eigenvalue weighted by atomic mass is 16.2.